The second-order valence-corrected chi connectivity index (χ2v) is 7.43. The van der Waals surface area contributed by atoms with E-state index in [9.17, 15) is 13.2 Å². The molecule has 0 atom stereocenters. The minimum Gasteiger partial charge on any atom is -0.497 e. The number of carbonyl (C=O) groups is 1. The summed E-state index contributed by atoms with van der Waals surface area (Å²) < 4.78 is 29.3. The molecule has 0 saturated heterocycles. The number of sulfone groups is 1. The second kappa shape index (κ2) is 6.04. The fraction of sp³-hybridized carbons (Fsp3) is 0.235. The first-order valence-electron chi connectivity index (χ1n) is 7.26. The van der Waals surface area contributed by atoms with Gasteiger partial charge < -0.3 is 9.64 Å². The van der Waals surface area contributed by atoms with Crippen LogP contribution in [0.4, 0.5) is 5.69 Å². The summed E-state index contributed by atoms with van der Waals surface area (Å²) >= 11 is 0. The maximum absolute atomic E-state index is 12.6. The third kappa shape index (κ3) is 3.07. The molecule has 1 heterocycles. The van der Waals surface area contributed by atoms with Gasteiger partial charge in [-0.1, -0.05) is 24.3 Å². The Balaban J connectivity index is 1.85. The first kappa shape index (κ1) is 15.6. The van der Waals surface area contributed by atoms with E-state index >= 15 is 0 Å². The van der Waals surface area contributed by atoms with E-state index in [-0.39, 0.29) is 29.5 Å². The van der Waals surface area contributed by atoms with Crippen molar-refractivity contribution in [3.63, 3.8) is 0 Å². The van der Waals surface area contributed by atoms with Gasteiger partial charge in [-0.25, -0.2) is 8.42 Å². The predicted molar refractivity (Wildman–Crippen MR) is 87.5 cm³/mol. The SMILES string of the molecule is COc1ccc(CC(=O)N2CCS(=O)(=O)c3ccccc32)cc1. The van der Waals surface area contributed by atoms with Crippen LogP contribution in [-0.2, 0) is 21.1 Å². The Hall–Kier alpha value is -2.34. The molecular weight excluding hydrogens is 314 g/mol. The number of anilines is 1. The number of fused-ring (bicyclic) bond motifs is 1. The molecular formula is C17H17NO4S. The number of nitrogens with zero attached hydrogens (tertiary/aromatic N) is 1. The lowest BCUT2D eigenvalue weighted by Gasteiger charge is -2.29. The number of amides is 1. The molecule has 5 nitrogen and oxygen atoms in total. The van der Waals surface area contributed by atoms with E-state index in [4.69, 9.17) is 4.74 Å². The molecule has 23 heavy (non-hydrogen) atoms. The average Bonchev–Trinajstić information content (AvgIpc) is 2.55. The molecule has 6 heteroatoms. The van der Waals surface area contributed by atoms with E-state index in [0.717, 1.165) is 11.3 Å². The monoisotopic (exact) mass is 331 g/mol. The summed E-state index contributed by atoms with van der Waals surface area (Å²) in [4.78, 5) is 14.4. The molecule has 1 aliphatic heterocycles. The van der Waals surface area contributed by atoms with Crippen LogP contribution in [0.5, 0.6) is 5.75 Å². The summed E-state index contributed by atoms with van der Waals surface area (Å²) in [6, 6.07) is 13.9. The van der Waals surface area contributed by atoms with Crippen molar-refractivity contribution in [2.75, 3.05) is 24.3 Å². The van der Waals surface area contributed by atoms with Gasteiger partial charge in [-0.15, -0.1) is 0 Å². The molecule has 2 aromatic rings. The highest BCUT2D eigenvalue weighted by Crippen LogP contribution is 2.30. The molecule has 0 unspecified atom stereocenters. The number of hydrogen-bond acceptors (Lipinski definition) is 4. The van der Waals surface area contributed by atoms with Crippen molar-refractivity contribution in [3.8, 4) is 5.75 Å². The van der Waals surface area contributed by atoms with Crippen LogP contribution in [0.15, 0.2) is 53.4 Å². The lowest BCUT2D eigenvalue weighted by Crippen LogP contribution is -2.40. The quantitative estimate of drug-likeness (QED) is 0.863. The summed E-state index contributed by atoms with van der Waals surface area (Å²) in [5.41, 5.74) is 1.33. The third-order valence-electron chi connectivity index (χ3n) is 3.89. The molecule has 0 fully saturated rings. The van der Waals surface area contributed by atoms with Crippen LogP contribution >= 0.6 is 0 Å². The van der Waals surface area contributed by atoms with Crippen molar-refractivity contribution < 1.29 is 17.9 Å². The molecule has 0 bridgehead atoms. The number of methoxy groups -OCH3 is 1. The zero-order valence-electron chi connectivity index (χ0n) is 12.7. The van der Waals surface area contributed by atoms with E-state index in [1.165, 1.54) is 0 Å². The average molecular weight is 331 g/mol. The normalized spacial score (nSPS) is 15.8. The van der Waals surface area contributed by atoms with E-state index < -0.39 is 9.84 Å². The maximum Gasteiger partial charge on any atom is 0.231 e. The molecule has 0 N–H and O–H groups in total. The van der Waals surface area contributed by atoms with Crippen LogP contribution in [0.1, 0.15) is 5.56 Å². The smallest absolute Gasteiger partial charge is 0.231 e. The lowest BCUT2D eigenvalue weighted by atomic mass is 10.1. The summed E-state index contributed by atoms with van der Waals surface area (Å²) in [5.74, 6) is 0.575. The second-order valence-electron chi connectivity index (χ2n) is 5.36. The summed E-state index contributed by atoms with van der Waals surface area (Å²) in [5, 5.41) is 0. The van der Waals surface area contributed by atoms with E-state index in [1.807, 2.05) is 12.1 Å². The zero-order valence-corrected chi connectivity index (χ0v) is 13.5. The molecule has 3 rings (SSSR count). The first-order valence-corrected chi connectivity index (χ1v) is 8.91. The Kier molecular flexibility index (Phi) is 4.09. The number of hydrogen-bond donors (Lipinski definition) is 0. The van der Waals surface area contributed by atoms with Gasteiger partial charge in [0.1, 0.15) is 5.75 Å². The number of benzene rings is 2. The lowest BCUT2D eigenvalue weighted by molar-refractivity contribution is -0.118. The van der Waals surface area contributed by atoms with Crippen molar-refractivity contribution in [3.05, 3.63) is 54.1 Å². The first-order chi connectivity index (χ1) is 11.0. The zero-order chi connectivity index (χ0) is 16.4. The Morgan fingerprint density at radius 2 is 1.83 bits per heavy atom. The van der Waals surface area contributed by atoms with Gasteiger partial charge in [-0.3, -0.25) is 4.79 Å². The number of carbonyl (C=O) groups excluding carboxylic acids is 1. The third-order valence-corrected chi connectivity index (χ3v) is 5.63. The molecule has 120 valence electrons. The minimum absolute atomic E-state index is 0.0433. The largest absolute Gasteiger partial charge is 0.497 e. The van der Waals surface area contributed by atoms with Crippen LogP contribution in [0.3, 0.4) is 0 Å². The highest BCUT2D eigenvalue weighted by atomic mass is 32.2. The highest BCUT2D eigenvalue weighted by molar-refractivity contribution is 7.91. The van der Waals surface area contributed by atoms with Crippen molar-refractivity contribution in [2.24, 2.45) is 0 Å². The van der Waals surface area contributed by atoms with Gasteiger partial charge in [0, 0.05) is 6.54 Å². The van der Waals surface area contributed by atoms with Crippen LogP contribution in [-0.4, -0.2) is 33.7 Å². The number of para-hydroxylation sites is 1. The summed E-state index contributed by atoms with van der Waals surface area (Å²) in [7, 11) is -1.71. The van der Waals surface area contributed by atoms with Crippen molar-refractivity contribution in [1.29, 1.82) is 0 Å². The van der Waals surface area contributed by atoms with Gasteiger partial charge in [-0.05, 0) is 29.8 Å². The molecule has 0 radical (unpaired) electrons. The molecule has 1 amide bonds. The van der Waals surface area contributed by atoms with Gasteiger partial charge in [0.15, 0.2) is 9.84 Å². The number of rotatable bonds is 3. The van der Waals surface area contributed by atoms with E-state index in [1.54, 1.807) is 48.4 Å². The molecule has 2 aromatic carbocycles. The molecule has 0 aromatic heterocycles. The van der Waals surface area contributed by atoms with Crippen LogP contribution in [0.2, 0.25) is 0 Å². The molecule has 1 aliphatic rings. The topological polar surface area (TPSA) is 63.7 Å². The van der Waals surface area contributed by atoms with Gasteiger partial charge in [0.05, 0.1) is 29.9 Å². The van der Waals surface area contributed by atoms with Crippen LogP contribution in [0.25, 0.3) is 0 Å². The van der Waals surface area contributed by atoms with Gasteiger partial charge in [0.2, 0.25) is 5.91 Å². The fourth-order valence-corrected chi connectivity index (χ4v) is 4.08. The van der Waals surface area contributed by atoms with E-state index in [0.29, 0.717) is 5.69 Å². The predicted octanol–water partition coefficient (Wildman–Crippen LogP) is 2.06. The minimum atomic E-state index is -3.30. The Morgan fingerprint density at radius 3 is 2.52 bits per heavy atom. The van der Waals surface area contributed by atoms with Gasteiger partial charge in [-0.2, -0.15) is 0 Å². The molecule has 0 aliphatic carbocycles. The molecule has 0 spiro atoms. The van der Waals surface area contributed by atoms with E-state index in [2.05, 4.69) is 0 Å². The molecule has 0 saturated carbocycles. The van der Waals surface area contributed by atoms with Crippen molar-refractivity contribution in [1.82, 2.24) is 0 Å². The Labute approximate surface area is 135 Å². The van der Waals surface area contributed by atoms with Crippen LogP contribution < -0.4 is 9.64 Å². The highest BCUT2D eigenvalue weighted by Gasteiger charge is 2.31. The van der Waals surface area contributed by atoms with Gasteiger partial charge >= 0.3 is 0 Å². The van der Waals surface area contributed by atoms with Gasteiger partial charge in [0.25, 0.3) is 0 Å². The fourth-order valence-electron chi connectivity index (χ4n) is 2.66. The maximum atomic E-state index is 12.6. The van der Waals surface area contributed by atoms with Crippen molar-refractivity contribution >= 4 is 21.4 Å². The number of ether oxygens (including phenoxy) is 1. The summed E-state index contributed by atoms with van der Waals surface area (Å²) in [6.45, 7) is 0.189. The standard InChI is InChI=1S/C17H17NO4S/c1-22-14-8-6-13(7-9-14)12-17(19)18-10-11-23(20,21)16-5-3-2-4-15(16)18/h2-9H,10-12H2,1H3. The Morgan fingerprint density at radius 1 is 1.13 bits per heavy atom. The summed E-state index contributed by atoms with van der Waals surface area (Å²) in [6.07, 6.45) is 0.221. The van der Waals surface area contributed by atoms with Crippen LogP contribution in [0, 0.1) is 0 Å². The Bertz CT molecular complexity index is 828. The van der Waals surface area contributed by atoms with Crippen molar-refractivity contribution in [2.45, 2.75) is 11.3 Å².